The molecule has 1 aliphatic carbocycles. The van der Waals surface area contributed by atoms with Gasteiger partial charge in [-0.25, -0.2) is 15.0 Å². The number of anilines is 1. The number of rotatable bonds is 2. The van der Waals surface area contributed by atoms with E-state index < -0.39 is 5.97 Å². The second-order valence-corrected chi connectivity index (χ2v) is 5.84. The van der Waals surface area contributed by atoms with Crippen LogP contribution in [0, 0.1) is 5.41 Å². The summed E-state index contributed by atoms with van der Waals surface area (Å²) in [5.74, 6) is -0.560. The molecule has 2 aliphatic rings. The van der Waals surface area contributed by atoms with E-state index in [1.165, 1.54) is 11.9 Å². The van der Waals surface area contributed by atoms with Gasteiger partial charge >= 0.3 is 0 Å². The predicted octanol–water partition coefficient (Wildman–Crippen LogP) is 1.01. The second kappa shape index (κ2) is 4.48. The molecule has 2 aromatic rings. The van der Waals surface area contributed by atoms with Crippen LogP contribution in [0.4, 0.5) is 5.82 Å². The summed E-state index contributed by atoms with van der Waals surface area (Å²) in [6.07, 6.45) is 6.07. The molecule has 116 valence electrons. The van der Waals surface area contributed by atoms with Crippen LogP contribution in [0.25, 0.3) is 17.4 Å². The van der Waals surface area contributed by atoms with Crippen LogP contribution in [-0.4, -0.2) is 45.8 Å². The zero-order chi connectivity index (χ0) is 15.4. The monoisotopic (exact) mass is 303 g/mol. The Bertz CT molecular complexity index is 761. The van der Waals surface area contributed by atoms with Crippen LogP contribution in [0.15, 0.2) is 18.2 Å². The minimum atomic E-state index is -0.942. The Balaban J connectivity index is 1.59. The van der Waals surface area contributed by atoms with Gasteiger partial charge < -0.3 is 19.9 Å². The molecule has 1 aliphatic heterocycles. The van der Waals surface area contributed by atoms with Crippen LogP contribution in [0.1, 0.15) is 13.3 Å². The van der Waals surface area contributed by atoms with Crippen molar-refractivity contribution in [2.45, 2.75) is 19.3 Å². The molecule has 3 heterocycles. The lowest BCUT2D eigenvalue weighted by atomic mass is 10.1. The maximum atomic E-state index is 5.80. The molecule has 1 saturated carbocycles. The Morgan fingerprint density at radius 3 is 2.82 bits per heavy atom. The lowest BCUT2D eigenvalue weighted by Crippen LogP contribution is -2.44. The summed E-state index contributed by atoms with van der Waals surface area (Å²) < 4.78 is 18.4. The summed E-state index contributed by atoms with van der Waals surface area (Å²) >= 11 is 0. The van der Waals surface area contributed by atoms with Gasteiger partial charge in [0.2, 0.25) is 0 Å². The van der Waals surface area contributed by atoms with Gasteiger partial charge in [0.05, 0.1) is 13.2 Å². The minimum absolute atomic E-state index is 0.0623. The molecular formula is C14H17N5O3. The van der Waals surface area contributed by atoms with Gasteiger partial charge in [-0.05, 0) is 12.0 Å². The number of methoxy groups -OCH3 is 1. The largest absolute Gasteiger partial charge is 0.382 e. The first kappa shape index (κ1) is 13.6. The number of nitrogen functional groups attached to an aromatic ring is 1. The first-order valence-corrected chi connectivity index (χ1v) is 7.02. The van der Waals surface area contributed by atoms with E-state index in [9.17, 15) is 0 Å². The standard InChI is InChI=1S/C14H17N5O3/c1-13(20-2)21-5-14(6-22-13)3-9(14)4-19-8-18-10-11(15)16-7-17-12(10)19/h4,7-8H,3,5-6H2,1-2H3,(H2,15,16,17)/b9-4+. The summed E-state index contributed by atoms with van der Waals surface area (Å²) in [7, 11) is 1.57. The molecule has 4 rings (SSSR count). The first-order valence-electron chi connectivity index (χ1n) is 7.02. The normalized spacial score (nSPS) is 32.9. The molecule has 0 unspecified atom stereocenters. The number of nitrogens with zero attached hydrogens (tertiary/aromatic N) is 4. The first-order chi connectivity index (χ1) is 10.6. The van der Waals surface area contributed by atoms with Gasteiger partial charge in [0, 0.05) is 25.6 Å². The third-order valence-electron chi connectivity index (χ3n) is 4.36. The molecule has 2 fully saturated rings. The van der Waals surface area contributed by atoms with E-state index in [0.29, 0.717) is 30.2 Å². The van der Waals surface area contributed by atoms with E-state index in [1.54, 1.807) is 20.4 Å². The van der Waals surface area contributed by atoms with Crippen molar-refractivity contribution in [3.63, 3.8) is 0 Å². The third kappa shape index (κ3) is 1.99. The highest BCUT2D eigenvalue weighted by atomic mass is 16.9. The molecule has 0 amide bonds. The smallest absolute Gasteiger partial charge is 0.279 e. The fraction of sp³-hybridized carbons (Fsp3) is 0.500. The third-order valence-corrected chi connectivity index (χ3v) is 4.36. The number of imidazole rings is 1. The molecule has 0 atom stereocenters. The summed E-state index contributed by atoms with van der Waals surface area (Å²) in [4.78, 5) is 12.4. The van der Waals surface area contributed by atoms with Crippen molar-refractivity contribution in [1.82, 2.24) is 19.5 Å². The zero-order valence-electron chi connectivity index (χ0n) is 12.4. The Kier molecular flexibility index (Phi) is 2.77. The Morgan fingerprint density at radius 2 is 2.09 bits per heavy atom. The number of nitrogens with two attached hydrogens (primary N) is 1. The summed E-state index contributed by atoms with van der Waals surface area (Å²) in [5, 5.41) is 0. The summed E-state index contributed by atoms with van der Waals surface area (Å²) in [6.45, 7) is 2.93. The predicted molar refractivity (Wildman–Crippen MR) is 78.4 cm³/mol. The van der Waals surface area contributed by atoms with Gasteiger partial charge in [-0.2, -0.15) is 0 Å². The minimum Gasteiger partial charge on any atom is -0.382 e. The molecule has 8 nitrogen and oxygen atoms in total. The van der Waals surface area contributed by atoms with E-state index in [1.807, 2.05) is 10.8 Å². The fourth-order valence-electron chi connectivity index (χ4n) is 2.66. The van der Waals surface area contributed by atoms with E-state index in [4.69, 9.17) is 19.9 Å². The lowest BCUT2D eigenvalue weighted by Gasteiger charge is -2.36. The second-order valence-electron chi connectivity index (χ2n) is 5.84. The maximum absolute atomic E-state index is 5.80. The summed E-state index contributed by atoms with van der Waals surface area (Å²) in [5.41, 5.74) is 8.28. The average Bonchev–Trinajstić information content (AvgIpc) is 3.02. The van der Waals surface area contributed by atoms with Gasteiger partial charge in [-0.1, -0.05) is 0 Å². The van der Waals surface area contributed by atoms with E-state index in [2.05, 4.69) is 15.0 Å². The Labute approximate surface area is 126 Å². The number of aromatic nitrogens is 4. The average molecular weight is 303 g/mol. The van der Waals surface area contributed by atoms with E-state index in [0.717, 1.165) is 6.42 Å². The summed E-state index contributed by atoms with van der Waals surface area (Å²) in [6, 6.07) is 0. The molecule has 1 saturated heterocycles. The fourth-order valence-corrected chi connectivity index (χ4v) is 2.66. The molecule has 22 heavy (non-hydrogen) atoms. The van der Waals surface area contributed by atoms with Crippen molar-refractivity contribution in [1.29, 1.82) is 0 Å². The highest BCUT2D eigenvalue weighted by molar-refractivity contribution is 5.82. The van der Waals surface area contributed by atoms with Crippen LogP contribution < -0.4 is 5.73 Å². The van der Waals surface area contributed by atoms with Crippen LogP contribution in [0.5, 0.6) is 0 Å². The molecule has 0 aromatic carbocycles. The van der Waals surface area contributed by atoms with Crippen molar-refractivity contribution in [2.24, 2.45) is 5.41 Å². The molecule has 2 aromatic heterocycles. The quantitative estimate of drug-likeness (QED) is 0.884. The van der Waals surface area contributed by atoms with E-state index in [-0.39, 0.29) is 5.41 Å². The van der Waals surface area contributed by atoms with Gasteiger partial charge in [-0.3, -0.25) is 4.57 Å². The number of hydrogen-bond donors (Lipinski definition) is 1. The van der Waals surface area contributed by atoms with Crippen LogP contribution in [0.2, 0.25) is 0 Å². The zero-order valence-corrected chi connectivity index (χ0v) is 12.4. The maximum Gasteiger partial charge on any atom is 0.279 e. The van der Waals surface area contributed by atoms with Crippen molar-refractivity contribution < 1.29 is 14.2 Å². The number of ether oxygens (including phenoxy) is 3. The molecule has 1 spiro atoms. The van der Waals surface area contributed by atoms with Gasteiger partial charge in [0.1, 0.15) is 12.7 Å². The molecule has 0 bridgehead atoms. The lowest BCUT2D eigenvalue weighted by molar-refractivity contribution is -0.392. The van der Waals surface area contributed by atoms with Crippen molar-refractivity contribution in [3.05, 3.63) is 18.2 Å². The number of fused-ring (bicyclic) bond motifs is 1. The molecule has 0 radical (unpaired) electrons. The Hall–Kier alpha value is -2.03. The van der Waals surface area contributed by atoms with Crippen LogP contribution in [-0.2, 0) is 14.2 Å². The topological polar surface area (TPSA) is 97.3 Å². The SMILES string of the molecule is COC1(C)OCC2(CO1)C/C2=C\n1cnc2c(N)ncnc21. The molecular weight excluding hydrogens is 286 g/mol. The highest BCUT2D eigenvalue weighted by Gasteiger charge is 2.55. The van der Waals surface area contributed by atoms with Crippen molar-refractivity contribution in [2.75, 3.05) is 26.1 Å². The van der Waals surface area contributed by atoms with E-state index >= 15 is 0 Å². The van der Waals surface area contributed by atoms with Gasteiger partial charge in [0.25, 0.3) is 5.97 Å². The highest BCUT2D eigenvalue weighted by Crippen LogP contribution is 2.55. The van der Waals surface area contributed by atoms with Gasteiger partial charge in [-0.15, -0.1) is 0 Å². The number of hydrogen-bond acceptors (Lipinski definition) is 7. The van der Waals surface area contributed by atoms with Crippen LogP contribution in [0.3, 0.4) is 0 Å². The Morgan fingerprint density at radius 1 is 1.32 bits per heavy atom. The van der Waals surface area contributed by atoms with Crippen LogP contribution >= 0.6 is 0 Å². The molecule has 8 heteroatoms. The van der Waals surface area contributed by atoms with Gasteiger partial charge in [0.15, 0.2) is 17.0 Å². The van der Waals surface area contributed by atoms with Crippen molar-refractivity contribution in [3.8, 4) is 0 Å². The van der Waals surface area contributed by atoms with Crippen molar-refractivity contribution >= 4 is 23.2 Å². The molecule has 2 N–H and O–H groups in total.